The van der Waals surface area contributed by atoms with Gasteiger partial charge in [0.2, 0.25) is 0 Å². The van der Waals surface area contributed by atoms with Crippen LogP contribution >= 0.6 is 15.9 Å². The Morgan fingerprint density at radius 1 is 1.54 bits per heavy atom. The number of benzene rings is 1. The van der Waals surface area contributed by atoms with E-state index >= 15 is 0 Å². The molecule has 0 radical (unpaired) electrons. The molecule has 13 heavy (non-hydrogen) atoms. The molecule has 3 heteroatoms. The normalized spacial score (nSPS) is 26.2. The van der Waals surface area contributed by atoms with E-state index in [1.54, 1.807) is 6.07 Å². The van der Waals surface area contributed by atoms with Crippen molar-refractivity contribution in [1.29, 1.82) is 0 Å². The lowest BCUT2D eigenvalue weighted by atomic mass is 10.0. The summed E-state index contributed by atoms with van der Waals surface area (Å²) >= 11 is 3.36. The summed E-state index contributed by atoms with van der Waals surface area (Å²) in [6.07, 6.45) is 0.942. The number of hydrogen-bond acceptors (Lipinski definition) is 1. The van der Waals surface area contributed by atoms with Gasteiger partial charge in [-0.1, -0.05) is 22.9 Å². The smallest absolute Gasteiger partial charge is 0.124 e. The first-order valence-corrected chi connectivity index (χ1v) is 5.12. The monoisotopic (exact) mass is 243 g/mol. The number of nitrogens with two attached hydrogens (primary N) is 1. The SMILES string of the molecule is CC1Cc2c(Br)cc(F)cc2C1N. The standard InChI is InChI=1S/C10H11BrFN/c1-5-2-7-8(10(5)13)3-6(12)4-9(7)11/h3-5,10H,2,13H2,1H3. The number of halogens is 2. The zero-order valence-electron chi connectivity index (χ0n) is 7.35. The minimum Gasteiger partial charge on any atom is -0.324 e. The summed E-state index contributed by atoms with van der Waals surface area (Å²) in [4.78, 5) is 0. The van der Waals surface area contributed by atoms with E-state index in [1.807, 2.05) is 0 Å². The van der Waals surface area contributed by atoms with Crippen molar-refractivity contribution in [2.75, 3.05) is 0 Å². The first-order valence-electron chi connectivity index (χ1n) is 4.33. The number of rotatable bonds is 0. The first-order chi connectivity index (χ1) is 6.09. The molecule has 2 atom stereocenters. The summed E-state index contributed by atoms with van der Waals surface area (Å²) in [6.45, 7) is 2.09. The van der Waals surface area contributed by atoms with Crippen LogP contribution in [0.3, 0.4) is 0 Å². The molecule has 0 aliphatic heterocycles. The van der Waals surface area contributed by atoms with Gasteiger partial charge in [0.05, 0.1) is 0 Å². The molecule has 0 amide bonds. The van der Waals surface area contributed by atoms with Gasteiger partial charge in [-0.05, 0) is 35.6 Å². The van der Waals surface area contributed by atoms with Crippen LogP contribution in [0.25, 0.3) is 0 Å². The molecule has 1 aromatic rings. The van der Waals surface area contributed by atoms with E-state index in [9.17, 15) is 4.39 Å². The van der Waals surface area contributed by atoms with Crippen molar-refractivity contribution in [2.24, 2.45) is 11.7 Å². The summed E-state index contributed by atoms with van der Waals surface area (Å²) in [5, 5.41) is 0. The van der Waals surface area contributed by atoms with Gasteiger partial charge in [0.15, 0.2) is 0 Å². The van der Waals surface area contributed by atoms with Gasteiger partial charge in [0.1, 0.15) is 5.82 Å². The Balaban J connectivity index is 2.57. The Hall–Kier alpha value is -0.410. The zero-order valence-corrected chi connectivity index (χ0v) is 8.94. The Labute approximate surface area is 85.3 Å². The van der Waals surface area contributed by atoms with Gasteiger partial charge in [0, 0.05) is 10.5 Å². The van der Waals surface area contributed by atoms with E-state index in [2.05, 4.69) is 22.9 Å². The fourth-order valence-electron chi connectivity index (χ4n) is 1.89. The molecule has 2 rings (SSSR count). The lowest BCUT2D eigenvalue weighted by Crippen LogP contribution is -2.13. The second-order valence-electron chi connectivity index (χ2n) is 3.66. The van der Waals surface area contributed by atoms with Crippen LogP contribution in [-0.4, -0.2) is 0 Å². The molecule has 0 fully saturated rings. The van der Waals surface area contributed by atoms with Crippen LogP contribution in [0.2, 0.25) is 0 Å². The molecular weight excluding hydrogens is 233 g/mol. The van der Waals surface area contributed by atoms with Crippen LogP contribution in [0.15, 0.2) is 16.6 Å². The van der Waals surface area contributed by atoms with E-state index in [-0.39, 0.29) is 11.9 Å². The first kappa shape index (κ1) is 9.16. The quantitative estimate of drug-likeness (QED) is 0.746. The predicted molar refractivity (Wildman–Crippen MR) is 53.9 cm³/mol. The molecule has 0 saturated carbocycles. The summed E-state index contributed by atoms with van der Waals surface area (Å²) in [5.74, 6) is 0.197. The van der Waals surface area contributed by atoms with Gasteiger partial charge in [-0.2, -0.15) is 0 Å². The minimum atomic E-state index is -0.213. The summed E-state index contributed by atoms with van der Waals surface area (Å²) in [5.41, 5.74) is 8.07. The van der Waals surface area contributed by atoms with Crippen molar-refractivity contribution in [1.82, 2.24) is 0 Å². The van der Waals surface area contributed by atoms with E-state index in [4.69, 9.17) is 5.73 Å². The van der Waals surface area contributed by atoms with Crippen LogP contribution in [0, 0.1) is 11.7 Å². The highest BCUT2D eigenvalue weighted by Gasteiger charge is 2.28. The molecule has 70 valence electrons. The summed E-state index contributed by atoms with van der Waals surface area (Å²) in [6, 6.07) is 3.04. The largest absolute Gasteiger partial charge is 0.324 e. The molecule has 0 saturated heterocycles. The second kappa shape index (κ2) is 3.07. The molecular formula is C10H11BrFN. The van der Waals surface area contributed by atoms with Crippen molar-refractivity contribution in [2.45, 2.75) is 19.4 Å². The number of fused-ring (bicyclic) bond motifs is 1. The molecule has 1 nitrogen and oxygen atoms in total. The average Bonchev–Trinajstić information content (AvgIpc) is 2.32. The summed E-state index contributed by atoms with van der Waals surface area (Å²) in [7, 11) is 0. The van der Waals surface area contributed by atoms with Crippen LogP contribution in [0.4, 0.5) is 4.39 Å². The third-order valence-corrected chi connectivity index (χ3v) is 3.40. The lowest BCUT2D eigenvalue weighted by molar-refractivity contribution is 0.511. The van der Waals surface area contributed by atoms with Crippen molar-refractivity contribution >= 4 is 15.9 Å². The maximum atomic E-state index is 13.0. The van der Waals surface area contributed by atoms with Gasteiger partial charge in [-0.3, -0.25) is 0 Å². The van der Waals surface area contributed by atoms with Gasteiger partial charge in [-0.15, -0.1) is 0 Å². The maximum absolute atomic E-state index is 13.0. The second-order valence-corrected chi connectivity index (χ2v) is 4.52. The van der Waals surface area contributed by atoms with Crippen LogP contribution in [0.5, 0.6) is 0 Å². The predicted octanol–water partition coefficient (Wildman–Crippen LogP) is 2.78. The van der Waals surface area contributed by atoms with Crippen LogP contribution in [-0.2, 0) is 6.42 Å². The molecule has 2 unspecified atom stereocenters. The summed E-state index contributed by atoms with van der Waals surface area (Å²) < 4.78 is 13.9. The van der Waals surface area contributed by atoms with Crippen molar-refractivity contribution < 1.29 is 4.39 Å². The molecule has 1 aliphatic carbocycles. The fourth-order valence-corrected chi connectivity index (χ4v) is 2.50. The highest BCUT2D eigenvalue weighted by molar-refractivity contribution is 9.10. The average molecular weight is 244 g/mol. The topological polar surface area (TPSA) is 26.0 Å². The van der Waals surface area contributed by atoms with Crippen molar-refractivity contribution in [3.63, 3.8) is 0 Å². The highest BCUT2D eigenvalue weighted by atomic mass is 79.9. The van der Waals surface area contributed by atoms with Gasteiger partial charge in [0.25, 0.3) is 0 Å². The zero-order chi connectivity index (χ0) is 9.59. The van der Waals surface area contributed by atoms with Gasteiger partial charge in [-0.25, -0.2) is 4.39 Å². The fraction of sp³-hybridized carbons (Fsp3) is 0.400. The van der Waals surface area contributed by atoms with Crippen molar-refractivity contribution in [3.05, 3.63) is 33.5 Å². The van der Waals surface area contributed by atoms with Gasteiger partial charge < -0.3 is 5.73 Å². The molecule has 2 N–H and O–H groups in total. The maximum Gasteiger partial charge on any atom is 0.124 e. The van der Waals surface area contributed by atoms with Crippen LogP contribution in [0.1, 0.15) is 24.1 Å². The molecule has 1 aromatic carbocycles. The third kappa shape index (κ3) is 1.40. The van der Waals surface area contributed by atoms with Crippen molar-refractivity contribution in [3.8, 4) is 0 Å². The Morgan fingerprint density at radius 3 is 2.92 bits per heavy atom. The van der Waals surface area contributed by atoms with E-state index in [0.29, 0.717) is 5.92 Å². The molecule has 1 aliphatic rings. The Morgan fingerprint density at radius 2 is 2.23 bits per heavy atom. The van der Waals surface area contributed by atoms with Crippen LogP contribution < -0.4 is 5.73 Å². The Bertz CT molecular complexity index is 351. The lowest BCUT2D eigenvalue weighted by Gasteiger charge is -2.09. The van der Waals surface area contributed by atoms with E-state index in [1.165, 1.54) is 11.6 Å². The molecule has 0 heterocycles. The molecule has 0 spiro atoms. The molecule has 0 bridgehead atoms. The highest BCUT2D eigenvalue weighted by Crippen LogP contribution is 2.38. The minimum absolute atomic E-state index is 0.0120. The van der Waals surface area contributed by atoms with E-state index in [0.717, 1.165) is 16.5 Å². The number of hydrogen-bond donors (Lipinski definition) is 1. The Kier molecular flexibility index (Phi) is 2.16. The third-order valence-electron chi connectivity index (χ3n) is 2.69. The van der Waals surface area contributed by atoms with E-state index < -0.39 is 0 Å². The van der Waals surface area contributed by atoms with Gasteiger partial charge >= 0.3 is 0 Å². The molecule has 0 aromatic heterocycles.